The van der Waals surface area contributed by atoms with Gasteiger partial charge in [0.25, 0.3) is 0 Å². The highest BCUT2D eigenvalue weighted by molar-refractivity contribution is 5.90. The number of methoxy groups -OCH3 is 1. The first-order chi connectivity index (χ1) is 11.6. The topological polar surface area (TPSA) is 68.4 Å². The van der Waals surface area contributed by atoms with Crippen LogP contribution in [-0.4, -0.2) is 18.1 Å². The van der Waals surface area contributed by atoms with Crippen molar-refractivity contribution < 1.29 is 14.3 Å². The van der Waals surface area contributed by atoms with Crippen molar-refractivity contribution in [2.75, 3.05) is 7.11 Å². The molecule has 122 valence electrons. The first-order valence-corrected chi connectivity index (χ1v) is 7.51. The number of carbonyl (C=O) groups excluding carboxylic acids is 1. The van der Waals surface area contributed by atoms with Crippen molar-refractivity contribution in [2.24, 2.45) is 0 Å². The Balaban J connectivity index is 1.83. The highest BCUT2D eigenvalue weighted by Crippen LogP contribution is 2.21. The molecule has 0 radical (unpaired) electrons. The third kappa shape index (κ3) is 3.15. The minimum Gasteiger partial charge on any atom is -0.496 e. The molecule has 0 atom stereocenters. The number of aryl methyl sites for hydroxylation is 1. The van der Waals surface area contributed by atoms with Gasteiger partial charge in [0.05, 0.1) is 7.11 Å². The van der Waals surface area contributed by atoms with Crippen LogP contribution in [0.5, 0.6) is 5.75 Å². The molecule has 1 aromatic heterocycles. The quantitative estimate of drug-likeness (QED) is 0.749. The fourth-order valence-corrected chi connectivity index (χ4v) is 2.55. The Morgan fingerprint density at radius 2 is 1.92 bits per heavy atom. The minimum absolute atomic E-state index is 0.0680. The summed E-state index contributed by atoms with van der Waals surface area (Å²) in [6.45, 7) is 2.02. The van der Waals surface area contributed by atoms with Crippen LogP contribution in [0.3, 0.4) is 0 Å². The normalized spacial score (nSPS) is 10.6. The fourth-order valence-electron chi connectivity index (χ4n) is 2.55. The van der Waals surface area contributed by atoms with Gasteiger partial charge in [-0.2, -0.15) is 0 Å². The van der Waals surface area contributed by atoms with Gasteiger partial charge in [0, 0.05) is 22.5 Å². The van der Waals surface area contributed by atoms with Crippen molar-refractivity contribution in [3.63, 3.8) is 0 Å². The molecule has 0 aliphatic heterocycles. The maximum atomic E-state index is 12.3. The van der Waals surface area contributed by atoms with E-state index in [9.17, 15) is 9.59 Å². The van der Waals surface area contributed by atoms with Crippen molar-refractivity contribution in [3.05, 3.63) is 75.6 Å². The number of H-pyrrole nitrogens is 1. The lowest BCUT2D eigenvalue weighted by Gasteiger charge is -2.10. The van der Waals surface area contributed by atoms with E-state index in [1.165, 1.54) is 6.07 Å². The van der Waals surface area contributed by atoms with E-state index in [-0.39, 0.29) is 17.7 Å². The third-order valence-electron chi connectivity index (χ3n) is 3.75. The first-order valence-electron chi connectivity index (χ1n) is 7.51. The largest absolute Gasteiger partial charge is 0.496 e. The zero-order chi connectivity index (χ0) is 17.1. The zero-order valence-electron chi connectivity index (χ0n) is 13.5. The summed E-state index contributed by atoms with van der Waals surface area (Å²) in [6.07, 6.45) is 0. The summed E-state index contributed by atoms with van der Waals surface area (Å²) in [7, 11) is 1.57. The number of ether oxygens (including phenoxy) is 2. The van der Waals surface area contributed by atoms with Crippen LogP contribution in [-0.2, 0) is 11.3 Å². The standard InChI is InChI=1S/C19H17NO4/c1-12-7-8-18(23-2)13(9-12)11-24-19(22)16-10-17(21)14-5-3-4-6-15(14)20-16/h3-10H,11H2,1-2H3,(H,20,21). The van der Waals surface area contributed by atoms with E-state index < -0.39 is 5.97 Å². The summed E-state index contributed by atoms with van der Waals surface area (Å²) in [5.41, 5.74) is 2.33. The molecule has 3 aromatic rings. The summed E-state index contributed by atoms with van der Waals surface area (Å²) in [5, 5.41) is 0.536. The molecular formula is C19H17NO4. The van der Waals surface area contributed by atoms with Gasteiger partial charge < -0.3 is 14.5 Å². The van der Waals surface area contributed by atoms with Crippen molar-refractivity contribution >= 4 is 16.9 Å². The Morgan fingerprint density at radius 3 is 2.71 bits per heavy atom. The number of hydrogen-bond acceptors (Lipinski definition) is 4. The molecule has 0 saturated heterocycles. The van der Waals surface area contributed by atoms with Crippen molar-refractivity contribution in [3.8, 4) is 5.75 Å². The molecule has 0 bridgehead atoms. The molecule has 3 rings (SSSR count). The second-order valence-electron chi connectivity index (χ2n) is 5.48. The van der Waals surface area contributed by atoms with Gasteiger partial charge >= 0.3 is 5.97 Å². The van der Waals surface area contributed by atoms with Gasteiger partial charge in [-0.15, -0.1) is 0 Å². The van der Waals surface area contributed by atoms with E-state index in [0.29, 0.717) is 16.7 Å². The Hall–Kier alpha value is -3.08. The van der Waals surface area contributed by atoms with Gasteiger partial charge in [-0.1, -0.05) is 23.8 Å². The molecule has 0 aliphatic rings. The lowest BCUT2D eigenvalue weighted by Crippen LogP contribution is -2.13. The Kier molecular flexibility index (Phi) is 4.33. The molecule has 5 heteroatoms. The molecule has 5 nitrogen and oxygen atoms in total. The highest BCUT2D eigenvalue weighted by atomic mass is 16.5. The number of para-hydroxylation sites is 1. The third-order valence-corrected chi connectivity index (χ3v) is 3.75. The number of hydrogen-bond donors (Lipinski definition) is 1. The summed E-state index contributed by atoms with van der Waals surface area (Å²) in [4.78, 5) is 27.3. The zero-order valence-corrected chi connectivity index (χ0v) is 13.5. The van der Waals surface area contributed by atoms with E-state index in [4.69, 9.17) is 9.47 Å². The van der Waals surface area contributed by atoms with Crippen molar-refractivity contribution in [1.82, 2.24) is 4.98 Å². The van der Waals surface area contributed by atoms with Gasteiger partial charge in [0.15, 0.2) is 5.43 Å². The molecule has 1 heterocycles. The predicted molar refractivity (Wildman–Crippen MR) is 91.4 cm³/mol. The minimum atomic E-state index is -0.582. The average molecular weight is 323 g/mol. The van der Waals surface area contributed by atoms with Gasteiger partial charge in [0.2, 0.25) is 0 Å². The second kappa shape index (κ2) is 6.58. The summed E-state index contributed by atoms with van der Waals surface area (Å²) in [6, 6.07) is 13.9. The van der Waals surface area contributed by atoms with Crippen molar-refractivity contribution in [2.45, 2.75) is 13.5 Å². The number of carbonyl (C=O) groups is 1. The second-order valence-corrected chi connectivity index (χ2v) is 5.48. The molecular weight excluding hydrogens is 306 g/mol. The molecule has 0 aliphatic carbocycles. The number of esters is 1. The predicted octanol–water partition coefficient (Wildman–Crippen LogP) is 3.20. The smallest absolute Gasteiger partial charge is 0.355 e. The van der Waals surface area contributed by atoms with Crippen LogP contribution in [0.25, 0.3) is 10.9 Å². The van der Waals surface area contributed by atoms with E-state index in [1.54, 1.807) is 31.4 Å². The summed E-state index contributed by atoms with van der Waals surface area (Å²) < 4.78 is 10.6. The van der Waals surface area contributed by atoms with Crippen LogP contribution in [0.4, 0.5) is 0 Å². The van der Waals surface area contributed by atoms with Gasteiger partial charge in [-0.05, 0) is 31.2 Å². The summed E-state index contributed by atoms with van der Waals surface area (Å²) in [5.74, 6) is 0.0711. The Morgan fingerprint density at radius 1 is 1.12 bits per heavy atom. The Labute approximate surface area is 138 Å². The van der Waals surface area contributed by atoms with Crippen LogP contribution in [0.15, 0.2) is 53.3 Å². The number of fused-ring (bicyclic) bond motifs is 1. The Bertz CT molecular complexity index is 959. The van der Waals surface area contributed by atoms with Gasteiger partial charge in [0.1, 0.15) is 18.1 Å². The van der Waals surface area contributed by atoms with Crippen LogP contribution in [0.1, 0.15) is 21.6 Å². The maximum Gasteiger partial charge on any atom is 0.355 e. The lowest BCUT2D eigenvalue weighted by atomic mass is 10.1. The molecule has 0 amide bonds. The summed E-state index contributed by atoms with van der Waals surface area (Å²) >= 11 is 0. The number of aromatic nitrogens is 1. The maximum absolute atomic E-state index is 12.3. The number of pyridine rings is 1. The van der Waals surface area contributed by atoms with Crippen molar-refractivity contribution in [1.29, 1.82) is 0 Å². The van der Waals surface area contributed by atoms with E-state index in [1.807, 2.05) is 25.1 Å². The number of rotatable bonds is 4. The monoisotopic (exact) mass is 323 g/mol. The van der Waals surface area contributed by atoms with E-state index >= 15 is 0 Å². The van der Waals surface area contributed by atoms with Gasteiger partial charge in [-0.3, -0.25) is 4.79 Å². The fraction of sp³-hybridized carbons (Fsp3) is 0.158. The van der Waals surface area contributed by atoms with E-state index in [0.717, 1.165) is 11.1 Å². The SMILES string of the molecule is COc1ccc(C)cc1COC(=O)c1cc(=O)c2ccccc2[nH]1. The molecule has 0 fully saturated rings. The molecule has 0 spiro atoms. The average Bonchev–Trinajstić information content (AvgIpc) is 2.59. The molecule has 0 unspecified atom stereocenters. The van der Waals surface area contributed by atoms with E-state index in [2.05, 4.69) is 4.98 Å². The van der Waals surface area contributed by atoms with Gasteiger partial charge in [-0.25, -0.2) is 4.79 Å². The molecule has 0 saturated carbocycles. The molecule has 24 heavy (non-hydrogen) atoms. The van der Waals surface area contributed by atoms with Crippen LogP contribution in [0, 0.1) is 6.92 Å². The van der Waals surface area contributed by atoms with Crippen LogP contribution < -0.4 is 10.2 Å². The highest BCUT2D eigenvalue weighted by Gasteiger charge is 2.12. The van der Waals surface area contributed by atoms with Crippen LogP contribution in [0.2, 0.25) is 0 Å². The molecule has 1 N–H and O–H groups in total. The number of nitrogens with one attached hydrogen (secondary N) is 1. The lowest BCUT2D eigenvalue weighted by molar-refractivity contribution is 0.0463. The first kappa shape index (κ1) is 15.8. The van der Waals surface area contributed by atoms with Crippen LogP contribution >= 0.6 is 0 Å². The number of benzene rings is 2. The number of aromatic amines is 1. The molecule has 2 aromatic carbocycles.